The van der Waals surface area contributed by atoms with Crippen molar-refractivity contribution in [3.05, 3.63) is 53.9 Å². The van der Waals surface area contributed by atoms with Crippen molar-refractivity contribution >= 4 is 5.91 Å². The van der Waals surface area contributed by atoms with E-state index >= 15 is 0 Å². The summed E-state index contributed by atoms with van der Waals surface area (Å²) < 4.78 is 1.88. The van der Waals surface area contributed by atoms with Crippen molar-refractivity contribution in [1.29, 1.82) is 0 Å². The summed E-state index contributed by atoms with van der Waals surface area (Å²) in [5.41, 5.74) is 1.95. The Labute approximate surface area is 131 Å². The molecule has 1 saturated heterocycles. The van der Waals surface area contributed by atoms with Crippen LogP contribution in [0.15, 0.2) is 42.7 Å². The second-order valence-electron chi connectivity index (χ2n) is 5.96. The molecule has 22 heavy (non-hydrogen) atoms. The van der Waals surface area contributed by atoms with Crippen LogP contribution in [-0.2, 0) is 6.54 Å². The number of aromatic nitrogens is 2. The predicted octanol–water partition coefficient (Wildman–Crippen LogP) is 3.34. The molecule has 1 fully saturated rings. The lowest BCUT2D eigenvalue weighted by Gasteiger charge is -2.35. The maximum Gasteiger partial charge on any atom is 0.254 e. The molecule has 1 aromatic heterocycles. The van der Waals surface area contributed by atoms with Gasteiger partial charge in [-0.15, -0.1) is 0 Å². The van der Waals surface area contributed by atoms with Gasteiger partial charge in [0.15, 0.2) is 0 Å². The van der Waals surface area contributed by atoms with E-state index in [-0.39, 0.29) is 5.91 Å². The molecule has 116 valence electrons. The first-order valence-electron chi connectivity index (χ1n) is 8.15. The van der Waals surface area contributed by atoms with E-state index in [1.54, 1.807) is 6.20 Å². The standard InChI is InChI=1S/C18H23N3O/c1-2-17-6-3-4-13-21(17)18(22)16-9-7-15(8-10-16)14-20-12-5-11-19-20/h5,7-12,17H,2-4,6,13-14H2,1H3. The van der Waals surface area contributed by atoms with E-state index in [1.807, 2.05) is 41.2 Å². The maximum atomic E-state index is 12.7. The third-order valence-electron chi connectivity index (χ3n) is 4.46. The largest absolute Gasteiger partial charge is 0.336 e. The quantitative estimate of drug-likeness (QED) is 0.868. The molecule has 0 aliphatic carbocycles. The van der Waals surface area contributed by atoms with Crippen molar-refractivity contribution < 1.29 is 4.79 Å². The van der Waals surface area contributed by atoms with E-state index in [2.05, 4.69) is 16.9 Å². The zero-order chi connectivity index (χ0) is 15.4. The van der Waals surface area contributed by atoms with E-state index in [9.17, 15) is 4.79 Å². The molecular weight excluding hydrogens is 274 g/mol. The summed E-state index contributed by atoms with van der Waals surface area (Å²) in [6, 6.07) is 10.3. The van der Waals surface area contributed by atoms with E-state index in [0.717, 1.165) is 43.5 Å². The van der Waals surface area contributed by atoms with Crippen LogP contribution < -0.4 is 0 Å². The summed E-state index contributed by atoms with van der Waals surface area (Å²) in [6.45, 7) is 3.80. The molecule has 1 aliphatic heterocycles. The molecule has 0 bridgehead atoms. The topological polar surface area (TPSA) is 38.1 Å². The normalized spacial score (nSPS) is 18.4. The number of rotatable bonds is 4. The number of carbonyl (C=O) groups excluding carboxylic acids is 1. The number of likely N-dealkylation sites (tertiary alicyclic amines) is 1. The number of amides is 1. The predicted molar refractivity (Wildman–Crippen MR) is 86.7 cm³/mol. The molecule has 3 rings (SSSR count). The molecule has 0 N–H and O–H groups in total. The van der Waals surface area contributed by atoms with Gasteiger partial charge in [0.2, 0.25) is 0 Å². The Balaban J connectivity index is 1.70. The van der Waals surface area contributed by atoms with Gasteiger partial charge in [-0.2, -0.15) is 5.10 Å². The molecule has 4 heteroatoms. The second-order valence-corrected chi connectivity index (χ2v) is 5.96. The lowest BCUT2D eigenvalue weighted by atomic mass is 9.98. The van der Waals surface area contributed by atoms with Crippen LogP contribution in [0.5, 0.6) is 0 Å². The van der Waals surface area contributed by atoms with Crippen LogP contribution in [-0.4, -0.2) is 33.2 Å². The Morgan fingerprint density at radius 2 is 2.09 bits per heavy atom. The highest BCUT2D eigenvalue weighted by atomic mass is 16.2. The van der Waals surface area contributed by atoms with Crippen LogP contribution >= 0.6 is 0 Å². The van der Waals surface area contributed by atoms with Gasteiger partial charge in [-0.1, -0.05) is 19.1 Å². The van der Waals surface area contributed by atoms with Crippen LogP contribution in [0.1, 0.15) is 48.5 Å². The Morgan fingerprint density at radius 3 is 2.77 bits per heavy atom. The van der Waals surface area contributed by atoms with E-state index in [1.165, 1.54) is 6.42 Å². The van der Waals surface area contributed by atoms with Crippen molar-refractivity contribution in [2.75, 3.05) is 6.54 Å². The average molecular weight is 297 g/mol. The van der Waals surface area contributed by atoms with E-state index in [4.69, 9.17) is 0 Å². The summed E-state index contributed by atoms with van der Waals surface area (Å²) in [5, 5.41) is 4.21. The van der Waals surface area contributed by atoms with Crippen molar-refractivity contribution in [1.82, 2.24) is 14.7 Å². The van der Waals surface area contributed by atoms with Gasteiger partial charge >= 0.3 is 0 Å². The molecule has 1 aromatic carbocycles. The Bertz CT molecular complexity index is 604. The Morgan fingerprint density at radius 1 is 1.27 bits per heavy atom. The third-order valence-corrected chi connectivity index (χ3v) is 4.46. The molecule has 0 saturated carbocycles. The minimum Gasteiger partial charge on any atom is -0.336 e. The summed E-state index contributed by atoms with van der Waals surface area (Å²) in [6.07, 6.45) is 8.27. The molecule has 0 spiro atoms. The molecule has 1 aliphatic rings. The van der Waals surface area contributed by atoms with E-state index in [0.29, 0.717) is 6.04 Å². The van der Waals surface area contributed by atoms with Gasteiger partial charge < -0.3 is 4.90 Å². The highest BCUT2D eigenvalue weighted by Gasteiger charge is 2.25. The zero-order valence-corrected chi connectivity index (χ0v) is 13.1. The third kappa shape index (κ3) is 3.21. The number of hydrogen-bond donors (Lipinski definition) is 0. The van der Waals surface area contributed by atoms with Gasteiger partial charge in [-0.3, -0.25) is 9.48 Å². The molecule has 1 amide bonds. The van der Waals surface area contributed by atoms with Gasteiger partial charge in [0.05, 0.1) is 6.54 Å². The van der Waals surface area contributed by atoms with Crippen molar-refractivity contribution in [2.24, 2.45) is 0 Å². The zero-order valence-electron chi connectivity index (χ0n) is 13.1. The van der Waals surface area contributed by atoms with Gasteiger partial charge in [-0.25, -0.2) is 0 Å². The van der Waals surface area contributed by atoms with Crippen molar-refractivity contribution in [3.8, 4) is 0 Å². The monoisotopic (exact) mass is 297 g/mol. The molecule has 0 radical (unpaired) electrons. The Kier molecular flexibility index (Phi) is 4.56. The average Bonchev–Trinajstić information content (AvgIpc) is 3.08. The molecule has 1 unspecified atom stereocenters. The first-order valence-corrected chi connectivity index (χ1v) is 8.15. The number of hydrogen-bond acceptors (Lipinski definition) is 2. The number of nitrogens with zero attached hydrogens (tertiary/aromatic N) is 3. The van der Waals surface area contributed by atoms with Gasteiger partial charge in [0, 0.05) is 30.5 Å². The van der Waals surface area contributed by atoms with Crippen LogP contribution in [0, 0.1) is 0 Å². The van der Waals surface area contributed by atoms with E-state index < -0.39 is 0 Å². The van der Waals surface area contributed by atoms with Gasteiger partial charge in [0.1, 0.15) is 0 Å². The SMILES string of the molecule is CCC1CCCCN1C(=O)c1ccc(Cn2cccn2)cc1. The van der Waals surface area contributed by atoms with Crippen LogP contribution in [0.4, 0.5) is 0 Å². The smallest absolute Gasteiger partial charge is 0.254 e. The fourth-order valence-corrected chi connectivity index (χ4v) is 3.19. The molecule has 2 heterocycles. The number of carbonyl (C=O) groups is 1. The molecule has 1 atom stereocenters. The van der Waals surface area contributed by atoms with Gasteiger partial charge in [-0.05, 0) is 49.4 Å². The van der Waals surface area contributed by atoms with Crippen molar-refractivity contribution in [2.45, 2.75) is 45.2 Å². The summed E-state index contributed by atoms with van der Waals surface area (Å²) in [5.74, 6) is 0.178. The number of piperidine rings is 1. The summed E-state index contributed by atoms with van der Waals surface area (Å²) >= 11 is 0. The first kappa shape index (κ1) is 14.8. The highest BCUT2D eigenvalue weighted by molar-refractivity contribution is 5.94. The fraction of sp³-hybridized carbons (Fsp3) is 0.444. The number of benzene rings is 1. The minimum absolute atomic E-state index is 0.178. The minimum atomic E-state index is 0.178. The molecule has 2 aromatic rings. The lowest BCUT2D eigenvalue weighted by Crippen LogP contribution is -2.43. The summed E-state index contributed by atoms with van der Waals surface area (Å²) in [7, 11) is 0. The second kappa shape index (κ2) is 6.77. The van der Waals surface area contributed by atoms with Crippen LogP contribution in [0.3, 0.4) is 0 Å². The summed E-state index contributed by atoms with van der Waals surface area (Å²) in [4.78, 5) is 14.8. The maximum absolute atomic E-state index is 12.7. The lowest BCUT2D eigenvalue weighted by molar-refractivity contribution is 0.0608. The Hall–Kier alpha value is -2.10. The molecular formula is C18H23N3O. The van der Waals surface area contributed by atoms with Gasteiger partial charge in [0.25, 0.3) is 5.91 Å². The van der Waals surface area contributed by atoms with Crippen molar-refractivity contribution in [3.63, 3.8) is 0 Å². The first-order chi connectivity index (χ1) is 10.8. The van der Waals surface area contributed by atoms with Crippen LogP contribution in [0.25, 0.3) is 0 Å². The molecule has 4 nitrogen and oxygen atoms in total. The highest BCUT2D eigenvalue weighted by Crippen LogP contribution is 2.22. The fourth-order valence-electron chi connectivity index (χ4n) is 3.19. The van der Waals surface area contributed by atoms with Crippen LogP contribution in [0.2, 0.25) is 0 Å².